The summed E-state index contributed by atoms with van der Waals surface area (Å²) >= 11 is 3.43. The van der Waals surface area contributed by atoms with Gasteiger partial charge < -0.3 is 9.64 Å². The van der Waals surface area contributed by atoms with Gasteiger partial charge in [0.2, 0.25) is 15.9 Å². The molecule has 0 bridgehead atoms. The highest BCUT2D eigenvalue weighted by Gasteiger charge is 2.35. The van der Waals surface area contributed by atoms with Gasteiger partial charge in [-0.05, 0) is 55.3 Å². The molecule has 0 N–H and O–H groups in total. The normalized spacial score (nSPS) is 16.2. The Hall–Kier alpha value is -1.97. The van der Waals surface area contributed by atoms with Crippen molar-refractivity contribution in [1.29, 1.82) is 0 Å². The highest BCUT2D eigenvalue weighted by Crippen LogP contribution is 2.35. The number of halogens is 2. The van der Waals surface area contributed by atoms with Crippen molar-refractivity contribution >= 4 is 37.5 Å². The number of hydrogen-bond acceptors (Lipinski definition) is 4. The largest absolute Gasteiger partial charge is 0.495 e. The predicted octanol–water partition coefficient (Wildman–Crippen LogP) is 3.59. The van der Waals surface area contributed by atoms with Crippen LogP contribution in [0, 0.1) is 5.82 Å². The molecule has 29 heavy (non-hydrogen) atoms. The number of ether oxygens (including phenoxy) is 1. The summed E-state index contributed by atoms with van der Waals surface area (Å²) in [5, 5.41) is 0. The molecule has 1 aliphatic heterocycles. The lowest BCUT2D eigenvalue weighted by atomic mass is 10.1. The van der Waals surface area contributed by atoms with Crippen LogP contribution in [0.3, 0.4) is 0 Å². The molecule has 0 radical (unpaired) electrons. The number of hydrogen-bond donors (Lipinski definition) is 0. The topological polar surface area (TPSA) is 66.9 Å². The van der Waals surface area contributed by atoms with E-state index in [0.717, 1.165) is 32.2 Å². The number of carbonyl (C=O) groups is 1. The standard InChI is InChI=1S/C20H22BrFN2O4S/c1-4-23(29(26,27)19-11-16(22)6-8-18(19)28-3)12-20(25)24-13(2)9-14-10-15(21)5-7-17(14)24/h5-8,10-11,13H,4,9,12H2,1-3H3/t13-/m0/s1. The molecule has 2 aromatic rings. The Bertz CT molecular complexity index is 1040. The zero-order valence-corrected chi connectivity index (χ0v) is 18.8. The number of methoxy groups -OCH3 is 1. The minimum atomic E-state index is -4.13. The minimum Gasteiger partial charge on any atom is -0.495 e. The summed E-state index contributed by atoms with van der Waals surface area (Å²) in [5.41, 5.74) is 1.81. The number of anilines is 1. The van der Waals surface area contributed by atoms with Gasteiger partial charge in [-0.15, -0.1) is 0 Å². The monoisotopic (exact) mass is 484 g/mol. The fourth-order valence-electron chi connectivity index (χ4n) is 3.56. The van der Waals surface area contributed by atoms with E-state index >= 15 is 0 Å². The maximum Gasteiger partial charge on any atom is 0.247 e. The van der Waals surface area contributed by atoms with Crippen LogP contribution in [-0.2, 0) is 21.2 Å². The maximum absolute atomic E-state index is 13.7. The molecule has 0 unspecified atom stereocenters. The van der Waals surface area contributed by atoms with Crippen molar-refractivity contribution < 1.29 is 22.3 Å². The fraction of sp³-hybridized carbons (Fsp3) is 0.350. The Morgan fingerprint density at radius 3 is 2.69 bits per heavy atom. The summed E-state index contributed by atoms with van der Waals surface area (Å²) in [6.45, 7) is 3.27. The summed E-state index contributed by atoms with van der Waals surface area (Å²) in [6.07, 6.45) is 0.692. The van der Waals surface area contributed by atoms with Gasteiger partial charge in [0.05, 0.1) is 13.7 Å². The Balaban J connectivity index is 1.91. The van der Waals surface area contributed by atoms with Crippen molar-refractivity contribution in [1.82, 2.24) is 4.31 Å². The van der Waals surface area contributed by atoms with Gasteiger partial charge in [-0.3, -0.25) is 4.79 Å². The number of amides is 1. The van der Waals surface area contributed by atoms with E-state index in [0.29, 0.717) is 6.42 Å². The lowest BCUT2D eigenvalue weighted by Gasteiger charge is -2.27. The zero-order chi connectivity index (χ0) is 21.3. The average molecular weight is 485 g/mol. The fourth-order valence-corrected chi connectivity index (χ4v) is 5.54. The maximum atomic E-state index is 13.7. The lowest BCUT2D eigenvalue weighted by molar-refractivity contribution is -0.119. The van der Waals surface area contributed by atoms with Gasteiger partial charge in [0.15, 0.2) is 0 Å². The minimum absolute atomic E-state index is 0.0297. The molecular formula is C20H22BrFN2O4S. The van der Waals surface area contributed by atoms with Crippen molar-refractivity contribution in [3.05, 3.63) is 52.3 Å². The van der Waals surface area contributed by atoms with Crippen molar-refractivity contribution in [2.45, 2.75) is 31.2 Å². The van der Waals surface area contributed by atoms with Crippen molar-refractivity contribution in [3.8, 4) is 5.75 Å². The first kappa shape index (κ1) is 21.7. The smallest absolute Gasteiger partial charge is 0.247 e. The molecule has 1 amide bonds. The Morgan fingerprint density at radius 1 is 1.31 bits per heavy atom. The van der Waals surface area contributed by atoms with Gasteiger partial charge in [0.1, 0.15) is 16.5 Å². The molecule has 0 spiro atoms. The first-order valence-electron chi connectivity index (χ1n) is 9.13. The van der Waals surface area contributed by atoms with Gasteiger partial charge in [-0.2, -0.15) is 4.31 Å². The molecular weight excluding hydrogens is 463 g/mol. The van der Waals surface area contributed by atoms with Gasteiger partial charge in [0, 0.05) is 22.7 Å². The summed E-state index contributed by atoms with van der Waals surface area (Å²) in [6, 6.07) is 8.87. The van der Waals surface area contributed by atoms with Gasteiger partial charge in [0.25, 0.3) is 0 Å². The van der Waals surface area contributed by atoms with E-state index in [1.165, 1.54) is 13.2 Å². The number of fused-ring (bicyclic) bond motifs is 1. The molecule has 1 heterocycles. The summed E-state index contributed by atoms with van der Waals surface area (Å²) in [7, 11) is -2.82. The number of rotatable bonds is 6. The third kappa shape index (κ3) is 4.17. The van der Waals surface area contributed by atoms with E-state index in [2.05, 4.69) is 15.9 Å². The first-order chi connectivity index (χ1) is 13.7. The number of likely N-dealkylation sites (N-methyl/N-ethyl adjacent to an activating group) is 1. The average Bonchev–Trinajstić information content (AvgIpc) is 3.00. The Labute approximate surface area is 178 Å². The molecule has 1 aliphatic rings. The van der Waals surface area contributed by atoms with E-state index in [4.69, 9.17) is 4.74 Å². The predicted molar refractivity (Wildman–Crippen MR) is 112 cm³/mol. The van der Waals surface area contributed by atoms with Crippen LogP contribution in [-0.4, -0.2) is 44.9 Å². The molecule has 6 nitrogen and oxygen atoms in total. The number of benzene rings is 2. The second-order valence-corrected chi connectivity index (χ2v) is 9.64. The molecule has 0 saturated carbocycles. The van der Waals surface area contributed by atoms with E-state index in [9.17, 15) is 17.6 Å². The number of sulfonamides is 1. The van der Waals surface area contributed by atoms with Crippen LogP contribution in [0.2, 0.25) is 0 Å². The van der Waals surface area contributed by atoms with Crippen LogP contribution < -0.4 is 9.64 Å². The van der Waals surface area contributed by atoms with Gasteiger partial charge in [-0.1, -0.05) is 22.9 Å². The molecule has 0 saturated heterocycles. The van der Waals surface area contributed by atoms with Crippen LogP contribution in [0.15, 0.2) is 45.8 Å². The molecule has 0 fully saturated rings. The molecule has 9 heteroatoms. The van der Waals surface area contributed by atoms with Crippen molar-refractivity contribution in [3.63, 3.8) is 0 Å². The number of nitrogens with zero attached hydrogens (tertiary/aromatic N) is 2. The molecule has 3 rings (SSSR count). The van der Waals surface area contributed by atoms with Crippen LogP contribution in [0.1, 0.15) is 19.4 Å². The zero-order valence-electron chi connectivity index (χ0n) is 16.4. The van der Waals surface area contributed by atoms with Crippen LogP contribution in [0.5, 0.6) is 5.75 Å². The van der Waals surface area contributed by atoms with Gasteiger partial charge >= 0.3 is 0 Å². The highest BCUT2D eigenvalue weighted by molar-refractivity contribution is 9.10. The Morgan fingerprint density at radius 2 is 2.03 bits per heavy atom. The third-order valence-corrected chi connectivity index (χ3v) is 7.37. The van der Waals surface area contributed by atoms with E-state index in [1.807, 2.05) is 25.1 Å². The molecule has 2 aromatic carbocycles. The van der Waals surface area contributed by atoms with E-state index in [1.54, 1.807) is 11.8 Å². The summed E-state index contributed by atoms with van der Waals surface area (Å²) in [5.74, 6) is -0.999. The molecule has 156 valence electrons. The van der Waals surface area contributed by atoms with E-state index < -0.39 is 15.8 Å². The summed E-state index contributed by atoms with van der Waals surface area (Å²) in [4.78, 5) is 14.4. The van der Waals surface area contributed by atoms with Crippen LogP contribution in [0.25, 0.3) is 0 Å². The molecule has 0 aliphatic carbocycles. The number of carbonyl (C=O) groups excluding carboxylic acids is 1. The first-order valence-corrected chi connectivity index (χ1v) is 11.4. The third-order valence-electron chi connectivity index (χ3n) is 4.93. The van der Waals surface area contributed by atoms with Crippen molar-refractivity contribution in [2.24, 2.45) is 0 Å². The molecule has 0 aromatic heterocycles. The SMILES string of the molecule is CCN(CC(=O)N1c2ccc(Br)cc2C[C@@H]1C)S(=O)(=O)c1cc(F)ccc1OC. The van der Waals surface area contributed by atoms with Crippen molar-refractivity contribution in [2.75, 3.05) is 25.1 Å². The molecule has 1 atom stereocenters. The second kappa shape index (κ2) is 8.41. The summed E-state index contributed by atoms with van der Waals surface area (Å²) < 4.78 is 47.0. The van der Waals surface area contributed by atoms with Crippen LogP contribution >= 0.6 is 15.9 Å². The quantitative estimate of drug-likeness (QED) is 0.628. The lowest BCUT2D eigenvalue weighted by Crippen LogP contribution is -2.45. The Kier molecular flexibility index (Phi) is 6.30. The second-order valence-electron chi connectivity index (χ2n) is 6.82. The van der Waals surface area contributed by atoms with E-state index in [-0.39, 0.29) is 35.7 Å². The van der Waals surface area contributed by atoms with Crippen LogP contribution in [0.4, 0.5) is 10.1 Å². The highest BCUT2D eigenvalue weighted by atomic mass is 79.9. The van der Waals surface area contributed by atoms with Gasteiger partial charge in [-0.25, -0.2) is 12.8 Å².